The fraction of sp³-hybridized carbons (Fsp3) is 0.333. The van der Waals surface area contributed by atoms with E-state index in [0.29, 0.717) is 0 Å². The lowest BCUT2D eigenvalue weighted by molar-refractivity contribution is -0.101. The number of phenolic OH excluding ortho intramolecular Hbond substituents is 3. The molecule has 1 aromatic rings. The molecular weight excluding hydrogens is 232 g/mol. The molecule has 94 valence electrons. The molecule has 0 radical (unpaired) electrons. The first-order valence-electron chi connectivity index (χ1n) is 4.65. The second-order valence-electron chi connectivity index (χ2n) is 3.99. The number of aromatic hydroxyl groups is 3. The van der Waals surface area contributed by atoms with Crippen LogP contribution in [0.15, 0.2) is 0 Å². The van der Waals surface area contributed by atoms with Gasteiger partial charge in [0, 0.05) is 0 Å². The third-order valence-corrected chi connectivity index (χ3v) is 2.95. The molecule has 0 amide bonds. The molecule has 1 aromatic carbocycles. The molecule has 8 nitrogen and oxygen atoms in total. The van der Waals surface area contributed by atoms with E-state index in [0.717, 1.165) is 0 Å². The van der Waals surface area contributed by atoms with Crippen molar-refractivity contribution in [3.05, 3.63) is 5.56 Å². The van der Waals surface area contributed by atoms with Gasteiger partial charge in [0.2, 0.25) is 0 Å². The Kier molecular flexibility index (Phi) is 2.09. The Morgan fingerprint density at radius 3 is 1.71 bits per heavy atom. The largest absolute Gasteiger partial charge is 0.505 e. The number of phenols is 3. The molecule has 2 atom stereocenters. The number of aliphatic hydroxyl groups is 3. The third-order valence-electron chi connectivity index (χ3n) is 2.95. The van der Waals surface area contributed by atoms with Crippen LogP contribution >= 0.6 is 0 Å². The van der Waals surface area contributed by atoms with Crippen LogP contribution in [0.5, 0.6) is 17.2 Å². The summed E-state index contributed by atoms with van der Waals surface area (Å²) in [4.78, 5) is 0. The van der Waals surface area contributed by atoms with Crippen LogP contribution in [0.3, 0.4) is 0 Å². The summed E-state index contributed by atoms with van der Waals surface area (Å²) in [6.07, 6.45) is -1.60. The Morgan fingerprint density at radius 2 is 1.29 bits per heavy atom. The predicted molar refractivity (Wildman–Crippen MR) is 56.2 cm³/mol. The molecule has 0 spiro atoms. The predicted octanol–water partition coefficient (Wildman–Crippen LogP) is -1.89. The maximum absolute atomic E-state index is 9.63. The van der Waals surface area contributed by atoms with E-state index in [1.165, 1.54) is 0 Å². The van der Waals surface area contributed by atoms with Crippen molar-refractivity contribution in [3.8, 4) is 17.2 Å². The van der Waals surface area contributed by atoms with Crippen LogP contribution in [0, 0.1) is 0 Å². The molecule has 1 aliphatic rings. The van der Waals surface area contributed by atoms with Crippen LogP contribution in [0.2, 0.25) is 0 Å². The van der Waals surface area contributed by atoms with Crippen molar-refractivity contribution in [2.45, 2.75) is 17.8 Å². The Bertz CT molecular complexity index is 472. The Balaban J connectivity index is 2.65. The van der Waals surface area contributed by atoms with Gasteiger partial charge in [0.05, 0.1) is 11.5 Å². The SMILES string of the molecule is Nc1c(N)c(O)c([C@H]2[C@@H](O)C2(O)O)c(O)c1O. The van der Waals surface area contributed by atoms with Crippen molar-refractivity contribution in [1.29, 1.82) is 0 Å². The highest BCUT2D eigenvalue weighted by atomic mass is 16.5. The van der Waals surface area contributed by atoms with Crippen molar-refractivity contribution in [2.75, 3.05) is 11.5 Å². The van der Waals surface area contributed by atoms with E-state index in [-0.39, 0.29) is 0 Å². The summed E-state index contributed by atoms with van der Waals surface area (Å²) in [5.41, 5.74) is 9.36. The molecule has 0 aromatic heterocycles. The van der Waals surface area contributed by atoms with E-state index < -0.39 is 52.0 Å². The molecule has 0 saturated heterocycles. The number of anilines is 2. The first-order valence-corrected chi connectivity index (χ1v) is 4.65. The lowest BCUT2D eigenvalue weighted by Gasteiger charge is -2.13. The Morgan fingerprint density at radius 1 is 0.882 bits per heavy atom. The van der Waals surface area contributed by atoms with Gasteiger partial charge < -0.3 is 42.1 Å². The van der Waals surface area contributed by atoms with Gasteiger partial charge in [-0.05, 0) is 0 Å². The molecule has 0 aliphatic heterocycles. The van der Waals surface area contributed by atoms with E-state index in [1.807, 2.05) is 0 Å². The molecule has 0 unspecified atom stereocenters. The fourth-order valence-corrected chi connectivity index (χ4v) is 1.78. The number of aliphatic hydroxyl groups excluding tert-OH is 1. The van der Waals surface area contributed by atoms with Gasteiger partial charge >= 0.3 is 0 Å². The lowest BCUT2D eigenvalue weighted by atomic mass is 10.0. The molecule has 1 fully saturated rings. The van der Waals surface area contributed by atoms with Crippen LogP contribution in [-0.2, 0) is 0 Å². The fourth-order valence-electron chi connectivity index (χ4n) is 1.78. The van der Waals surface area contributed by atoms with Gasteiger partial charge in [-0.15, -0.1) is 0 Å². The minimum Gasteiger partial charge on any atom is -0.505 e. The summed E-state index contributed by atoms with van der Waals surface area (Å²) in [6, 6.07) is 0. The monoisotopic (exact) mass is 244 g/mol. The molecule has 1 aliphatic carbocycles. The van der Waals surface area contributed by atoms with Crippen LogP contribution in [0.1, 0.15) is 11.5 Å². The molecule has 0 bridgehead atoms. The summed E-state index contributed by atoms with van der Waals surface area (Å²) < 4.78 is 0. The third kappa shape index (κ3) is 1.28. The zero-order valence-corrected chi connectivity index (χ0v) is 8.49. The van der Waals surface area contributed by atoms with Crippen molar-refractivity contribution >= 4 is 11.4 Å². The van der Waals surface area contributed by atoms with Crippen LogP contribution in [0.25, 0.3) is 0 Å². The van der Waals surface area contributed by atoms with Crippen LogP contribution < -0.4 is 11.5 Å². The van der Waals surface area contributed by atoms with Gasteiger partial charge in [0.25, 0.3) is 0 Å². The highest BCUT2D eigenvalue weighted by molar-refractivity contribution is 5.83. The molecule has 10 N–H and O–H groups in total. The number of nitrogens with two attached hydrogens (primary N) is 2. The van der Waals surface area contributed by atoms with Crippen molar-refractivity contribution in [2.24, 2.45) is 0 Å². The van der Waals surface area contributed by atoms with E-state index >= 15 is 0 Å². The summed E-state index contributed by atoms with van der Waals surface area (Å²) in [5.74, 6) is -6.18. The highest BCUT2D eigenvalue weighted by Gasteiger charge is 2.66. The van der Waals surface area contributed by atoms with E-state index in [4.69, 9.17) is 11.5 Å². The summed E-state index contributed by atoms with van der Waals surface area (Å²) in [7, 11) is 0. The van der Waals surface area contributed by atoms with Crippen molar-refractivity contribution in [3.63, 3.8) is 0 Å². The maximum atomic E-state index is 9.63. The van der Waals surface area contributed by atoms with Crippen LogP contribution in [0.4, 0.5) is 11.4 Å². The average Bonchev–Trinajstić information content (AvgIpc) is 2.75. The summed E-state index contributed by atoms with van der Waals surface area (Å²) >= 11 is 0. The number of nitrogen functional groups attached to an aromatic ring is 2. The molecule has 17 heavy (non-hydrogen) atoms. The van der Waals surface area contributed by atoms with Crippen LogP contribution in [-0.4, -0.2) is 42.5 Å². The quantitative estimate of drug-likeness (QED) is 0.122. The maximum Gasteiger partial charge on any atom is 0.200 e. The van der Waals surface area contributed by atoms with E-state index in [9.17, 15) is 30.6 Å². The number of hydrogen-bond donors (Lipinski definition) is 8. The molecule has 1 saturated carbocycles. The van der Waals surface area contributed by atoms with Crippen molar-refractivity contribution < 1.29 is 30.6 Å². The van der Waals surface area contributed by atoms with Gasteiger partial charge in [0.15, 0.2) is 17.3 Å². The smallest absolute Gasteiger partial charge is 0.200 e. The zero-order valence-electron chi connectivity index (χ0n) is 8.49. The number of hydrogen-bond acceptors (Lipinski definition) is 8. The van der Waals surface area contributed by atoms with Crippen molar-refractivity contribution in [1.82, 2.24) is 0 Å². The highest BCUT2D eigenvalue weighted by Crippen LogP contribution is 2.59. The molecular formula is C9H12N2O6. The number of rotatable bonds is 1. The minimum absolute atomic E-state index is 0.412. The Labute approximate surface area is 95.0 Å². The Hall–Kier alpha value is -1.90. The van der Waals surface area contributed by atoms with Gasteiger partial charge in [-0.2, -0.15) is 0 Å². The molecule has 0 heterocycles. The summed E-state index contributed by atoms with van der Waals surface area (Å²) in [6.45, 7) is 0. The second kappa shape index (κ2) is 3.06. The zero-order chi connectivity index (χ0) is 13.1. The normalized spacial score (nSPS) is 25.8. The van der Waals surface area contributed by atoms with E-state index in [2.05, 4.69) is 0 Å². The topological polar surface area (TPSA) is 173 Å². The first-order chi connectivity index (χ1) is 7.71. The summed E-state index contributed by atoms with van der Waals surface area (Å²) in [5, 5.41) is 56.3. The lowest BCUT2D eigenvalue weighted by Crippen LogP contribution is -2.12. The standard InChI is InChI=1S/C9H12N2O6/c10-3-4(11)7(14)6(13)1(5(3)12)2-8(15)9(2,16)17/h2,8,12-17H,10-11H2/t2-,8+/m0/s1. The second-order valence-corrected chi connectivity index (χ2v) is 3.99. The minimum atomic E-state index is -2.48. The van der Waals surface area contributed by atoms with Gasteiger partial charge in [-0.1, -0.05) is 0 Å². The first kappa shape index (κ1) is 11.6. The van der Waals surface area contributed by atoms with Gasteiger partial charge in [-0.3, -0.25) is 0 Å². The van der Waals surface area contributed by atoms with E-state index in [1.54, 1.807) is 0 Å². The number of benzene rings is 1. The molecule has 2 rings (SSSR count). The molecule has 8 heteroatoms. The van der Waals surface area contributed by atoms with Gasteiger partial charge in [-0.25, -0.2) is 0 Å². The van der Waals surface area contributed by atoms with Gasteiger partial charge in [0.1, 0.15) is 23.2 Å². The average molecular weight is 244 g/mol.